The summed E-state index contributed by atoms with van der Waals surface area (Å²) in [5.41, 5.74) is 7.35. The summed E-state index contributed by atoms with van der Waals surface area (Å²) in [6.45, 7) is 6.56. The van der Waals surface area contributed by atoms with Crippen LogP contribution in [0.3, 0.4) is 0 Å². The van der Waals surface area contributed by atoms with E-state index in [2.05, 4.69) is 18.9 Å². The largest absolute Gasteiger partial charge is 0.337 e. The van der Waals surface area contributed by atoms with Crippen LogP contribution in [0.15, 0.2) is 6.07 Å². The van der Waals surface area contributed by atoms with E-state index < -0.39 is 0 Å². The molecule has 1 aromatic rings. The predicted molar refractivity (Wildman–Crippen MR) is 74.8 cm³/mol. The van der Waals surface area contributed by atoms with Crippen molar-refractivity contribution in [1.29, 1.82) is 0 Å². The zero-order valence-electron chi connectivity index (χ0n) is 12.1. The highest BCUT2D eigenvalue weighted by Gasteiger charge is 2.27. The van der Waals surface area contributed by atoms with Crippen LogP contribution in [-0.2, 0) is 13.5 Å². The normalized spacial score (nSPS) is 19.4. The molecule has 5 nitrogen and oxygen atoms in total. The number of hydrogen-bond donors (Lipinski definition) is 1. The lowest BCUT2D eigenvalue weighted by atomic mass is 10.1. The molecule has 0 aromatic carbocycles. The number of nitrogens with zero attached hydrogens (tertiary/aromatic N) is 3. The maximum Gasteiger partial charge on any atom is 0.272 e. The zero-order chi connectivity index (χ0) is 14.0. The first-order valence-corrected chi connectivity index (χ1v) is 7.03. The molecule has 0 spiro atoms. The third-order valence-electron chi connectivity index (χ3n) is 3.67. The van der Waals surface area contributed by atoms with E-state index in [9.17, 15) is 4.79 Å². The molecule has 1 aliphatic rings. The molecular weight excluding hydrogens is 240 g/mol. The number of aryl methyl sites for hydroxylation is 1. The maximum atomic E-state index is 12.5. The van der Waals surface area contributed by atoms with E-state index in [0.717, 1.165) is 31.6 Å². The summed E-state index contributed by atoms with van der Waals surface area (Å²) in [5.74, 6) is 1.08. The third kappa shape index (κ3) is 3.15. The van der Waals surface area contributed by atoms with Crippen LogP contribution < -0.4 is 5.73 Å². The molecule has 0 bridgehead atoms. The van der Waals surface area contributed by atoms with E-state index >= 15 is 0 Å². The van der Waals surface area contributed by atoms with Crippen molar-refractivity contribution in [3.05, 3.63) is 17.5 Å². The lowest BCUT2D eigenvalue weighted by Crippen LogP contribution is -2.31. The summed E-state index contributed by atoms with van der Waals surface area (Å²) in [5, 5.41) is 4.43. The SMILES string of the molecule is CC(C)Cc1cc(C(=O)N2CC[C@H](CN)C2)n(C)n1. The molecule has 1 saturated heterocycles. The predicted octanol–water partition coefficient (Wildman–Crippen LogP) is 1.04. The molecule has 1 atom stereocenters. The summed E-state index contributed by atoms with van der Waals surface area (Å²) >= 11 is 0. The second-order valence-corrected chi connectivity index (χ2v) is 5.88. The standard InChI is InChI=1S/C14H24N4O/c1-10(2)6-12-7-13(17(3)16-12)14(19)18-5-4-11(8-15)9-18/h7,10-11H,4-6,8-9,15H2,1-3H3/t11-/m1/s1. The number of aromatic nitrogens is 2. The van der Waals surface area contributed by atoms with Crippen LogP contribution in [0, 0.1) is 11.8 Å². The average molecular weight is 264 g/mol. The van der Waals surface area contributed by atoms with Crippen molar-refractivity contribution < 1.29 is 4.79 Å². The molecule has 1 amide bonds. The number of carbonyl (C=O) groups is 1. The minimum absolute atomic E-state index is 0.0842. The number of nitrogens with two attached hydrogens (primary N) is 1. The molecule has 106 valence electrons. The topological polar surface area (TPSA) is 64.2 Å². The Morgan fingerprint density at radius 2 is 2.32 bits per heavy atom. The smallest absolute Gasteiger partial charge is 0.272 e. The minimum Gasteiger partial charge on any atom is -0.337 e. The number of amides is 1. The van der Waals surface area contributed by atoms with Crippen LogP contribution in [0.4, 0.5) is 0 Å². The molecule has 5 heteroatoms. The first kappa shape index (κ1) is 14.1. The van der Waals surface area contributed by atoms with Crippen LogP contribution >= 0.6 is 0 Å². The van der Waals surface area contributed by atoms with Gasteiger partial charge in [-0.1, -0.05) is 13.8 Å². The van der Waals surface area contributed by atoms with Gasteiger partial charge in [-0.15, -0.1) is 0 Å². The van der Waals surface area contributed by atoms with Gasteiger partial charge in [0.2, 0.25) is 0 Å². The van der Waals surface area contributed by atoms with Crippen molar-refractivity contribution in [3.63, 3.8) is 0 Å². The molecule has 0 saturated carbocycles. The fourth-order valence-corrected chi connectivity index (χ4v) is 2.62. The molecule has 2 rings (SSSR count). The van der Waals surface area contributed by atoms with Gasteiger partial charge in [-0.05, 0) is 37.3 Å². The zero-order valence-corrected chi connectivity index (χ0v) is 12.1. The quantitative estimate of drug-likeness (QED) is 0.883. The molecule has 19 heavy (non-hydrogen) atoms. The second-order valence-electron chi connectivity index (χ2n) is 5.88. The molecule has 2 N–H and O–H groups in total. The van der Waals surface area contributed by atoms with Crippen molar-refractivity contribution >= 4 is 5.91 Å². The third-order valence-corrected chi connectivity index (χ3v) is 3.67. The van der Waals surface area contributed by atoms with Gasteiger partial charge >= 0.3 is 0 Å². The van der Waals surface area contributed by atoms with Crippen LogP contribution in [-0.4, -0.2) is 40.2 Å². The van der Waals surface area contributed by atoms with Crippen molar-refractivity contribution in [3.8, 4) is 0 Å². The lowest BCUT2D eigenvalue weighted by Gasteiger charge is -2.15. The highest BCUT2D eigenvalue weighted by Crippen LogP contribution is 2.18. The van der Waals surface area contributed by atoms with E-state index in [-0.39, 0.29) is 5.91 Å². The van der Waals surface area contributed by atoms with E-state index in [1.165, 1.54) is 0 Å². The Labute approximate surface area is 114 Å². The monoisotopic (exact) mass is 264 g/mol. The van der Waals surface area contributed by atoms with Crippen LogP contribution in [0.25, 0.3) is 0 Å². The average Bonchev–Trinajstić information content (AvgIpc) is 2.94. The van der Waals surface area contributed by atoms with Crippen molar-refractivity contribution in [2.24, 2.45) is 24.6 Å². The van der Waals surface area contributed by atoms with Crippen molar-refractivity contribution in [1.82, 2.24) is 14.7 Å². The van der Waals surface area contributed by atoms with Crippen LogP contribution in [0.2, 0.25) is 0 Å². The van der Waals surface area contributed by atoms with Gasteiger partial charge in [-0.3, -0.25) is 9.48 Å². The Bertz CT molecular complexity index is 452. The van der Waals surface area contributed by atoms with Gasteiger partial charge in [0.15, 0.2) is 0 Å². The minimum atomic E-state index is 0.0842. The molecule has 0 unspecified atom stereocenters. The molecule has 0 radical (unpaired) electrons. The van der Waals surface area contributed by atoms with E-state index in [0.29, 0.717) is 24.1 Å². The van der Waals surface area contributed by atoms with Crippen molar-refractivity contribution in [2.75, 3.05) is 19.6 Å². The Morgan fingerprint density at radius 1 is 1.58 bits per heavy atom. The fourth-order valence-electron chi connectivity index (χ4n) is 2.62. The Kier molecular flexibility index (Phi) is 4.24. The highest BCUT2D eigenvalue weighted by molar-refractivity contribution is 5.92. The molecule has 2 heterocycles. The Morgan fingerprint density at radius 3 is 2.89 bits per heavy atom. The highest BCUT2D eigenvalue weighted by atomic mass is 16.2. The maximum absolute atomic E-state index is 12.5. The van der Waals surface area contributed by atoms with E-state index in [1.807, 2.05) is 18.0 Å². The number of rotatable bonds is 4. The van der Waals surface area contributed by atoms with Crippen molar-refractivity contribution in [2.45, 2.75) is 26.7 Å². The second kappa shape index (κ2) is 5.74. The Hall–Kier alpha value is -1.36. The van der Waals surface area contributed by atoms with E-state index in [4.69, 9.17) is 5.73 Å². The van der Waals surface area contributed by atoms with E-state index in [1.54, 1.807) is 4.68 Å². The molecule has 1 aromatic heterocycles. The van der Waals surface area contributed by atoms with Gasteiger partial charge in [-0.25, -0.2) is 0 Å². The number of carbonyl (C=O) groups excluding carboxylic acids is 1. The molecular formula is C14H24N4O. The number of hydrogen-bond acceptors (Lipinski definition) is 3. The first-order chi connectivity index (χ1) is 9.01. The van der Waals surface area contributed by atoms with Gasteiger partial charge in [0.1, 0.15) is 5.69 Å². The van der Waals surface area contributed by atoms with Crippen LogP contribution in [0.1, 0.15) is 36.5 Å². The summed E-state index contributed by atoms with van der Waals surface area (Å²) in [6.07, 6.45) is 1.92. The van der Waals surface area contributed by atoms with Gasteiger partial charge < -0.3 is 10.6 Å². The molecule has 1 fully saturated rings. The Balaban J connectivity index is 2.09. The van der Waals surface area contributed by atoms with Gasteiger partial charge in [0, 0.05) is 20.1 Å². The van der Waals surface area contributed by atoms with Gasteiger partial charge in [0.05, 0.1) is 5.69 Å². The van der Waals surface area contributed by atoms with Gasteiger partial charge in [0.25, 0.3) is 5.91 Å². The summed E-state index contributed by atoms with van der Waals surface area (Å²) in [4.78, 5) is 14.3. The number of likely N-dealkylation sites (tertiary alicyclic amines) is 1. The fraction of sp³-hybridized carbons (Fsp3) is 0.714. The first-order valence-electron chi connectivity index (χ1n) is 7.03. The lowest BCUT2D eigenvalue weighted by molar-refractivity contribution is 0.0777. The summed E-state index contributed by atoms with van der Waals surface area (Å²) in [6, 6.07) is 1.93. The summed E-state index contributed by atoms with van der Waals surface area (Å²) < 4.78 is 1.70. The van der Waals surface area contributed by atoms with Gasteiger partial charge in [-0.2, -0.15) is 5.10 Å². The molecule has 0 aliphatic carbocycles. The van der Waals surface area contributed by atoms with Crippen LogP contribution in [0.5, 0.6) is 0 Å². The summed E-state index contributed by atoms with van der Waals surface area (Å²) in [7, 11) is 1.84. The molecule has 1 aliphatic heterocycles.